The third kappa shape index (κ3) is 4.38. The van der Waals surface area contributed by atoms with E-state index in [2.05, 4.69) is 19.9 Å². The summed E-state index contributed by atoms with van der Waals surface area (Å²) in [6.45, 7) is 4.70. The minimum atomic E-state index is -1.63. The molecule has 1 fully saturated rings. The van der Waals surface area contributed by atoms with E-state index in [0.717, 1.165) is 36.6 Å². The molecule has 9 heteroatoms. The molecule has 2 unspecified atom stereocenters. The van der Waals surface area contributed by atoms with E-state index in [1.807, 2.05) is 31.2 Å². The Morgan fingerprint density at radius 3 is 2.42 bits per heavy atom. The minimum Gasteiger partial charge on any atom is -0.399 e. The van der Waals surface area contributed by atoms with Crippen LogP contribution in [0.3, 0.4) is 0 Å². The first kappa shape index (κ1) is 21.2. The first-order chi connectivity index (χ1) is 14.9. The van der Waals surface area contributed by atoms with Gasteiger partial charge in [-0.05, 0) is 37.3 Å². The molecular weight excluding hydrogens is 402 g/mol. The number of rotatable bonds is 6. The van der Waals surface area contributed by atoms with Crippen molar-refractivity contribution in [2.75, 3.05) is 36.8 Å². The Balaban J connectivity index is 1.56. The van der Waals surface area contributed by atoms with Gasteiger partial charge in [0.1, 0.15) is 29.9 Å². The van der Waals surface area contributed by atoms with Gasteiger partial charge in [0, 0.05) is 55.2 Å². The zero-order chi connectivity index (χ0) is 22.0. The molecule has 0 amide bonds. The molecule has 2 aromatic carbocycles. The Kier molecular flexibility index (Phi) is 5.88. The lowest BCUT2D eigenvalue weighted by Crippen LogP contribution is -2.57. The molecule has 0 spiro atoms. The van der Waals surface area contributed by atoms with E-state index in [9.17, 15) is 13.9 Å². The molecule has 3 N–H and O–H groups in total. The highest BCUT2D eigenvalue weighted by molar-refractivity contribution is 5.53. The molecule has 31 heavy (non-hydrogen) atoms. The Bertz CT molecular complexity index is 1010. The number of anilines is 2. The number of nitrogens with zero attached hydrogens (tertiary/aromatic N) is 5. The van der Waals surface area contributed by atoms with Crippen LogP contribution in [0.25, 0.3) is 0 Å². The van der Waals surface area contributed by atoms with Crippen molar-refractivity contribution in [1.29, 1.82) is 0 Å². The second kappa shape index (κ2) is 8.60. The van der Waals surface area contributed by atoms with Crippen molar-refractivity contribution in [3.63, 3.8) is 0 Å². The number of nitrogen functional groups attached to an aromatic ring is 1. The normalized spacial score (nSPS) is 18.0. The number of aromatic nitrogens is 3. The summed E-state index contributed by atoms with van der Waals surface area (Å²) in [6, 6.07) is 10.5. The summed E-state index contributed by atoms with van der Waals surface area (Å²) in [5.74, 6) is -1.47. The highest BCUT2D eigenvalue weighted by Crippen LogP contribution is 2.33. The van der Waals surface area contributed by atoms with E-state index in [1.165, 1.54) is 23.4 Å². The van der Waals surface area contributed by atoms with Crippen LogP contribution in [-0.2, 0) is 12.1 Å². The van der Waals surface area contributed by atoms with Crippen LogP contribution in [0.5, 0.6) is 0 Å². The highest BCUT2D eigenvalue weighted by atomic mass is 19.1. The van der Waals surface area contributed by atoms with Crippen molar-refractivity contribution in [2.45, 2.75) is 25.1 Å². The van der Waals surface area contributed by atoms with Crippen LogP contribution in [0.4, 0.5) is 20.2 Å². The molecule has 3 aromatic rings. The number of piperazine rings is 1. The van der Waals surface area contributed by atoms with Crippen molar-refractivity contribution >= 4 is 11.4 Å². The van der Waals surface area contributed by atoms with Gasteiger partial charge in [0.2, 0.25) is 0 Å². The van der Waals surface area contributed by atoms with Gasteiger partial charge < -0.3 is 15.7 Å². The molecule has 4 rings (SSSR count). The standard InChI is InChI=1S/C22H26F2N6O/c1-16(28-8-10-29(11-9-28)19-5-3-18(25)4-6-19)22(31,13-30-15-26-14-27-30)20-7-2-17(23)12-21(20)24/h2-7,12,14-16,31H,8-11,13,25H2,1H3. The number of hydrogen-bond acceptors (Lipinski definition) is 6. The first-order valence-electron chi connectivity index (χ1n) is 10.2. The number of halogens is 2. The number of hydrogen-bond donors (Lipinski definition) is 2. The van der Waals surface area contributed by atoms with Gasteiger partial charge in [0.15, 0.2) is 0 Å². The van der Waals surface area contributed by atoms with Crippen LogP contribution < -0.4 is 10.6 Å². The average Bonchev–Trinajstić information content (AvgIpc) is 3.26. The summed E-state index contributed by atoms with van der Waals surface area (Å²) >= 11 is 0. The summed E-state index contributed by atoms with van der Waals surface area (Å²) in [7, 11) is 0. The second-order valence-electron chi connectivity index (χ2n) is 7.93. The van der Waals surface area contributed by atoms with Gasteiger partial charge in [-0.3, -0.25) is 4.90 Å². The molecule has 0 radical (unpaired) electrons. The summed E-state index contributed by atoms with van der Waals surface area (Å²) in [4.78, 5) is 8.28. The van der Waals surface area contributed by atoms with Crippen LogP contribution >= 0.6 is 0 Å². The predicted molar refractivity (Wildman–Crippen MR) is 114 cm³/mol. The van der Waals surface area contributed by atoms with E-state index in [1.54, 1.807) is 0 Å². The van der Waals surface area contributed by atoms with Crippen molar-refractivity contribution in [3.05, 3.63) is 72.3 Å². The van der Waals surface area contributed by atoms with Gasteiger partial charge in [-0.15, -0.1) is 0 Å². The maximum atomic E-state index is 14.7. The second-order valence-corrected chi connectivity index (χ2v) is 7.93. The number of benzene rings is 2. The Hall–Kier alpha value is -3.04. The molecule has 1 aromatic heterocycles. The van der Waals surface area contributed by atoms with Crippen LogP contribution in [0.2, 0.25) is 0 Å². The lowest BCUT2D eigenvalue weighted by molar-refractivity contribution is -0.0650. The monoisotopic (exact) mass is 428 g/mol. The lowest BCUT2D eigenvalue weighted by atomic mass is 9.85. The van der Waals surface area contributed by atoms with Crippen LogP contribution in [-0.4, -0.2) is 57.0 Å². The maximum absolute atomic E-state index is 14.7. The van der Waals surface area contributed by atoms with Gasteiger partial charge in [-0.25, -0.2) is 18.4 Å². The molecule has 1 saturated heterocycles. The van der Waals surface area contributed by atoms with Gasteiger partial charge in [0.05, 0.1) is 6.54 Å². The molecule has 0 saturated carbocycles. The molecule has 2 heterocycles. The Morgan fingerprint density at radius 1 is 1.10 bits per heavy atom. The van der Waals surface area contributed by atoms with E-state index < -0.39 is 23.3 Å². The topological polar surface area (TPSA) is 83.4 Å². The quantitative estimate of drug-likeness (QED) is 0.586. The zero-order valence-corrected chi connectivity index (χ0v) is 17.3. The molecule has 164 valence electrons. The molecule has 0 bridgehead atoms. The fourth-order valence-corrected chi connectivity index (χ4v) is 4.20. The Morgan fingerprint density at radius 2 is 1.81 bits per heavy atom. The Labute approximate surface area is 179 Å². The molecular formula is C22H26F2N6O. The highest BCUT2D eigenvalue weighted by Gasteiger charge is 2.42. The van der Waals surface area contributed by atoms with E-state index >= 15 is 0 Å². The molecule has 0 aliphatic carbocycles. The fraction of sp³-hybridized carbons (Fsp3) is 0.364. The van der Waals surface area contributed by atoms with E-state index in [0.29, 0.717) is 13.1 Å². The summed E-state index contributed by atoms with van der Waals surface area (Å²) in [5.41, 5.74) is 5.99. The van der Waals surface area contributed by atoms with Crippen molar-refractivity contribution in [2.24, 2.45) is 0 Å². The van der Waals surface area contributed by atoms with Crippen LogP contribution in [0, 0.1) is 11.6 Å². The largest absolute Gasteiger partial charge is 0.399 e. The average molecular weight is 428 g/mol. The summed E-state index contributed by atoms with van der Waals surface area (Å²) < 4.78 is 29.7. The van der Waals surface area contributed by atoms with E-state index in [4.69, 9.17) is 5.73 Å². The molecule has 2 atom stereocenters. The SMILES string of the molecule is CC(N1CCN(c2ccc(N)cc2)CC1)C(O)(Cn1cncn1)c1ccc(F)cc1F. The zero-order valence-electron chi connectivity index (χ0n) is 17.3. The van der Waals surface area contributed by atoms with Crippen molar-refractivity contribution in [3.8, 4) is 0 Å². The van der Waals surface area contributed by atoms with Gasteiger partial charge in [-0.1, -0.05) is 6.07 Å². The van der Waals surface area contributed by atoms with Crippen molar-refractivity contribution < 1.29 is 13.9 Å². The smallest absolute Gasteiger partial charge is 0.137 e. The summed E-state index contributed by atoms with van der Waals surface area (Å²) in [5, 5.41) is 15.8. The van der Waals surface area contributed by atoms with Crippen molar-refractivity contribution in [1.82, 2.24) is 19.7 Å². The third-order valence-corrected chi connectivity index (χ3v) is 6.08. The number of aliphatic hydroxyl groups is 1. The van der Waals surface area contributed by atoms with Gasteiger partial charge >= 0.3 is 0 Å². The minimum absolute atomic E-state index is 0.00506. The van der Waals surface area contributed by atoms with Crippen LogP contribution in [0.15, 0.2) is 55.1 Å². The molecule has 7 nitrogen and oxygen atoms in total. The van der Waals surface area contributed by atoms with Gasteiger partial charge in [-0.2, -0.15) is 5.10 Å². The van der Waals surface area contributed by atoms with Gasteiger partial charge in [0.25, 0.3) is 0 Å². The number of nitrogens with two attached hydrogens (primary N) is 1. The fourth-order valence-electron chi connectivity index (χ4n) is 4.20. The third-order valence-electron chi connectivity index (χ3n) is 6.08. The lowest BCUT2D eigenvalue weighted by Gasteiger charge is -2.45. The first-order valence-corrected chi connectivity index (χ1v) is 10.2. The predicted octanol–water partition coefficient (Wildman–Crippen LogP) is 2.24. The molecule has 1 aliphatic heterocycles. The summed E-state index contributed by atoms with van der Waals surface area (Å²) in [6.07, 6.45) is 2.83. The van der Waals surface area contributed by atoms with Crippen LogP contribution in [0.1, 0.15) is 12.5 Å². The molecule has 1 aliphatic rings. The van der Waals surface area contributed by atoms with E-state index in [-0.39, 0.29) is 12.1 Å². The maximum Gasteiger partial charge on any atom is 0.137 e.